The molecule has 3 aliphatic heterocycles. The zero-order chi connectivity index (χ0) is 11.5. The normalized spacial score (nSPS) is 49.4. The van der Waals surface area contributed by atoms with Crippen molar-refractivity contribution in [3.63, 3.8) is 0 Å². The summed E-state index contributed by atoms with van der Waals surface area (Å²) in [4.78, 5) is 17.8. The highest BCUT2D eigenvalue weighted by Crippen LogP contribution is 2.55. The van der Waals surface area contributed by atoms with Gasteiger partial charge in [0, 0.05) is 12.0 Å². The quantitative estimate of drug-likeness (QED) is 0.600. The van der Waals surface area contributed by atoms with Crippen molar-refractivity contribution >= 4 is 5.97 Å². The maximum Gasteiger partial charge on any atom is 0.307 e. The Balaban J connectivity index is 1.75. The molecular weight excluding hydrogens is 218 g/mol. The van der Waals surface area contributed by atoms with Crippen molar-refractivity contribution in [2.75, 3.05) is 6.61 Å². The smallest absolute Gasteiger partial charge is 0.307 e. The van der Waals surface area contributed by atoms with Gasteiger partial charge >= 0.3 is 5.97 Å². The van der Waals surface area contributed by atoms with Crippen molar-refractivity contribution in [3.8, 4) is 0 Å². The van der Waals surface area contributed by atoms with Crippen molar-refractivity contribution in [2.45, 2.75) is 62.6 Å². The van der Waals surface area contributed by atoms with Gasteiger partial charge < -0.3 is 4.74 Å². The lowest BCUT2D eigenvalue weighted by Gasteiger charge is -2.44. The van der Waals surface area contributed by atoms with Crippen LogP contribution in [-0.2, 0) is 14.4 Å². The molecule has 0 aromatic rings. The highest BCUT2D eigenvalue weighted by atomic mass is 16.7. The Hall–Kier alpha value is -0.610. The van der Waals surface area contributed by atoms with Crippen molar-refractivity contribution in [3.05, 3.63) is 0 Å². The van der Waals surface area contributed by atoms with Gasteiger partial charge in [-0.15, -0.1) is 0 Å². The molecule has 0 aromatic carbocycles. The summed E-state index contributed by atoms with van der Waals surface area (Å²) in [6.45, 7) is 0.467. The fourth-order valence-corrected chi connectivity index (χ4v) is 4.60. The maximum atomic E-state index is 11.7. The number of esters is 1. The predicted octanol–water partition coefficient (Wildman–Crippen LogP) is 1.64. The highest BCUT2D eigenvalue weighted by Gasteiger charge is 2.61. The first kappa shape index (κ1) is 10.3. The standard InChI is InChI=1S/C13H19NO3/c15-12-7-9-3-1-5-13-6-2-4-10(13)11(8-16-12)17-14(9)13/h9-11H,1-8H2/t9-,10-,11-,13+/m1/s1. The van der Waals surface area contributed by atoms with Gasteiger partial charge in [-0.25, -0.2) is 0 Å². The zero-order valence-electron chi connectivity index (χ0n) is 10.1. The number of hydroxylamine groups is 2. The van der Waals surface area contributed by atoms with Crippen LogP contribution >= 0.6 is 0 Å². The molecular formula is C13H19NO3. The van der Waals surface area contributed by atoms with Crippen LogP contribution < -0.4 is 0 Å². The number of ether oxygens (including phenoxy) is 1. The summed E-state index contributed by atoms with van der Waals surface area (Å²) in [5.74, 6) is 0.557. The van der Waals surface area contributed by atoms with E-state index < -0.39 is 0 Å². The largest absolute Gasteiger partial charge is 0.463 e. The van der Waals surface area contributed by atoms with Crippen LogP contribution in [0.2, 0.25) is 0 Å². The molecule has 0 aromatic heterocycles. The van der Waals surface area contributed by atoms with Crippen LogP contribution in [0, 0.1) is 5.92 Å². The minimum atomic E-state index is -0.0367. The van der Waals surface area contributed by atoms with E-state index in [1.807, 2.05) is 0 Å². The molecule has 4 nitrogen and oxygen atoms in total. The third-order valence-corrected chi connectivity index (χ3v) is 5.24. The zero-order valence-corrected chi connectivity index (χ0v) is 10.1. The Bertz CT molecular complexity index is 359. The van der Waals surface area contributed by atoms with Gasteiger partial charge in [0.25, 0.3) is 0 Å². The Kier molecular flexibility index (Phi) is 2.10. The molecule has 0 unspecified atom stereocenters. The topological polar surface area (TPSA) is 38.8 Å². The average Bonchev–Trinajstić information content (AvgIpc) is 2.80. The number of hydrogen-bond acceptors (Lipinski definition) is 4. The molecule has 4 rings (SSSR count). The van der Waals surface area contributed by atoms with Crippen LogP contribution in [0.5, 0.6) is 0 Å². The fourth-order valence-electron chi connectivity index (χ4n) is 4.60. The molecule has 0 N–H and O–H groups in total. The molecule has 0 radical (unpaired) electrons. The molecule has 2 bridgehead atoms. The second-order valence-electron chi connectivity index (χ2n) is 6.01. The number of carbonyl (C=O) groups excluding carboxylic acids is 1. The second kappa shape index (κ2) is 3.45. The molecule has 4 fully saturated rings. The summed E-state index contributed by atoms with van der Waals surface area (Å²) in [6.07, 6.45) is 8.01. The summed E-state index contributed by atoms with van der Waals surface area (Å²) in [6, 6.07) is 0.266. The van der Waals surface area contributed by atoms with Crippen LogP contribution in [-0.4, -0.2) is 35.3 Å². The van der Waals surface area contributed by atoms with Crippen molar-refractivity contribution in [1.29, 1.82) is 0 Å². The van der Waals surface area contributed by atoms with Crippen LogP contribution in [0.1, 0.15) is 44.9 Å². The SMILES string of the molecule is O=C1C[C@H]2CCC[C@]34CCC[C@@H]3[C@@H](CO1)ON24. The summed E-state index contributed by atoms with van der Waals surface area (Å²) in [5, 5.41) is 2.24. The van der Waals surface area contributed by atoms with Gasteiger partial charge in [0.15, 0.2) is 0 Å². The summed E-state index contributed by atoms with van der Waals surface area (Å²) < 4.78 is 5.34. The monoisotopic (exact) mass is 237 g/mol. The van der Waals surface area contributed by atoms with E-state index >= 15 is 0 Å². The molecule has 4 atom stereocenters. The lowest BCUT2D eigenvalue weighted by atomic mass is 9.76. The molecule has 17 heavy (non-hydrogen) atoms. The first-order valence-corrected chi connectivity index (χ1v) is 6.91. The molecule has 1 aliphatic carbocycles. The molecule has 4 heteroatoms. The molecule has 3 heterocycles. The Morgan fingerprint density at radius 1 is 1.24 bits per heavy atom. The molecule has 94 valence electrons. The van der Waals surface area contributed by atoms with E-state index in [1.165, 1.54) is 32.1 Å². The van der Waals surface area contributed by atoms with Gasteiger partial charge in [-0.05, 0) is 32.1 Å². The molecule has 4 aliphatic rings. The minimum absolute atomic E-state index is 0.0367. The number of rotatable bonds is 0. The third-order valence-electron chi connectivity index (χ3n) is 5.24. The first-order valence-electron chi connectivity index (χ1n) is 6.91. The molecule has 1 saturated carbocycles. The van der Waals surface area contributed by atoms with E-state index in [2.05, 4.69) is 5.06 Å². The average molecular weight is 237 g/mol. The summed E-state index contributed by atoms with van der Waals surface area (Å²) in [7, 11) is 0. The Morgan fingerprint density at radius 3 is 2.94 bits per heavy atom. The van der Waals surface area contributed by atoms with E-state index in [1.54, 1.807) is 0 Å². The van der Waals surface area contributed by atoms with E-state index in [0.29, 0.717) is 18.9 Å². The predicted molar refractivity (Wildman–Crippen MR) is 60.0 cm³/mol. The molecule has 0 amide bonds. The van der Waals surface area contributed by atoms with Crippen LogP contribution in [0.15, 0.2) is 0 Å². The van der Waals surface area contributed by atoms with Crippen molar-refractivity contribution in [1.82, 2.24) is 5.06 Å². The number of carbonyl (C=O) groups is 1. The lowest BCUT2D eigenvalue weighted by Crippen LogP contribution is -2.53. The van der Waals surface area contributed by atoms with Gasteiger partial charge in [-0.2, -0.15) is 5.06 Å². The lowest BCUT2D eigenvalue weighted by molar-refractivity contribution is -0.245. The summed E-state index contributed by atoms with van der Waals surface area (Å²) >= 11 is 0. The number of fused-ring (bicyclic) bond motifs is 2. The second-order valence-corrected chi connectivity index (χ2v) is 6.01. The van der Waals surface area contributed by atoms with E-state index in [9.17, 15) is 4.79 Å². The number of cyclic esters (lactones) is 1. The van der Waals surface area contributed by atoms with Gasteiger partial charge in [0.2, 0.25) is 0 Å². The highest BCUT2D eigenvalue weighted by molar-refractivity contribution is 5.70. The summed E-state index contributed by atoms with van der Waals surface area (Å²) in [5.41, 5.74) is 0.252. The Labute approximate surface area is 101 Å². The number of piperidine rings is 1. The Morgan fingerprint density at radius 2 is 2.06 bits per heavy atom. The van der Waals surface area contributed by atoms with Crippen molar-refractivity contribution < 1.29 is 14.4 Å². The number of hydrogen-bond donors (Lipinski definition) is 0. The van der Waals surface area contributed by atoms with Gasteiger partial charge in [0.1, 0.15) is 12.7 Å². The minimum Gasteiger partial charge on any atom is -0.463 e. The fraction of sp³-hybridized carbons (Fsp3) is 0.923. The third kappa shape index (κ3) is 1.28. The van der Waals surface area contributed by atoms with E-state index in [-0.39, 0.29) is 23.7 Å². The number of nitrogens with zero attached hydrogens (tertiary/aromatic N) is 1. The van der Waals surface area contributed by atoms with Crippen molar-refractivity contribution in [2.24, 2.45) is 5.92 Å². The maximum absolute atomic E-state index is 11.7. The van der Waals surface area contributed by atoms with E-state index in [4.69, 9.17) is 9.57 Å². The first-order chi connectivity index (χ1) is 8.29. The van der Waals surface area contributed by atoms with E-state index in [0.717, 1.165) is 6.42 Å². The molecule has 1 spiro atoms. The van der Waals surface area contributed by atoms with Crippen LogP contribution in [0.3, 0.4) is 0 Å². The van der Waals surface area contributed by atoms with Gasteiger partial charge in [-0.1, -0.05) is 6.42 Å². The van der Waals surface area contributed by atoms with Gasteiger partial charge in [-0.3, -0.25) is 9.63 Å². The van der Waals surface area contributed by atoms with Gasteiger partial charge in [0.05, 0.1) is 12.0 Å². The van der Waals surface area contributed by atoms with Crippen LogP contribution in [0.4, 0.5) is 0 Å². The molecule has 3 saturated heterocycles. The van der Waals surface area contributed by atoms with Crippen LogP contribution in [0.25, 0.3) is 0 Å².